The molecular weight excluding hydrogens is 436 g/mol. The van der Waals surface area contributed by atoms with Crippen LogP contribution in [0.2, 0.25) is 0 Å². The van der Waals surface area contributed by atoms with Gasteiger partial charge in [-0.2, -0.15) is 0 Å². The van der Waals surface area contributed by atoms with Crippen molar-refractivity contribution in [3.63, 3.8) is 0 Å². The summed E-state index contributed by atoms with van der Waals surface area (Å²) in [6.07, 6.45) is 3.15. The third-order valence-electron chi connectivity index (χ3n) is 4.28. The predicted octanol–water partition coefficient (Wildman–Crippen LogP) is 4.75. The van der Waals surface area contributed by atoms with E-state index >= 15 is 0 Å². The van der Waals surface area contributed by atoms with Crippen LogP contribution in [0.4, 0.5) is 5.69 Å². The van der Waals surface area contributed by atoms with Crippen LogP contribution in [0.25, 0.3) is 6.08 Å². The van der Waals surface area contributed by atoms with E-state index < -0.39 is 4.92 Å². The lowest BCUT2D eigenvalue weighted by Gasteiger charge is -2.12. The zero-order valence-corrected chi connectivity index (χ0v) is 18.4. The number of non-ortho nitro benzene ring substituents is 1. The number of carbonyl (C=O) groups is 1. The fraction of sp³-hybridized carbons (Fsp3) is 0.182. The van der Waals surface area contributed by atoms with Crippen LogP contribution in [-0.4, -0.2) is 39.8 Å². The maximum Gasteiger partial charge on any atom is 0.270 e. The number of thioether (sulfide) groups is 1. The third kappa shape index (κ3) is 5.71. The average Bonchev–Trinajstić information content (AvgIpc) is 2.99. The van der Waals surface area contributed by atoms with E-state index in [1.54, 1.807) is 12.2 Å². The molecule has 2 aromatic carbocycles. The summed E-state index contributed by atoms with van der Waals surface area (Å²) in [5.41, 5.74) is 1.41. The smallest absolute Gasteiger partial charge is 0.270 e. The molecule has 0 atom stereocenters. The minimum Gasteiger partial charge on any atom is -0.490 e. The molecule has 2 aromatic rings. The molecule has 1 amide bonds. The first-order valence-corrected chi connectivity index (χ1v) is 10.6. The van der Waals surface area contributed by atoms with Crippen LogP contribution < -0.4 is 9.47 Å². The number of benzene rings is 2. The Morgan fingerprint density at radius 3 is 2.71 bits per heavy atom. The Balaban J connectivity index is 1.76. The van der Waals surface area contributed by atoms with Crippen LogP contribution >= 0.6 is 24.0 Å². The first-order valence-electron chi connectivity index (χ1n) is 9.36. The standard InChI is InChI=1S/C22H20N2O5S2/c1-3-9-23-21(25)20(31-22(23)30)14-16-13-17(24(26)27)7-8-19(16)29-11-10-28-18-6-4-5-15(2)12-18/h3-8,12-14H,1,9-11H2,2H3/b20-14-. The fourth-order valence-corrected chi connectivity index (χ4v) is 4.10. The Labute approximate surface area is 189 Å². The van der Waals surface area contributed by atoms with Gasteiger partial charge >= 0.3 is 0 Å². The van der Waals surface area contributed by atoms with Crippen LogP contribution in [-0.2, 0) is 4.79 Å². The highest BCUT2D eigenvalue weighted by atomic mass is 32.2. The second kappa shape index (κ2) is 10.2. The van der Waals surface area contributed by atoms with E-state index in [1.807, 2.05) is 31.2 Å². The average molecular weight is 457 g/mol. The maximum absolute atomic E-state index is 12.6. The number of nitro groups is 1. The monoisotopic (exact) mass is 456 g/mol. The Hall–Kier alpha value is -3.17. The van der Waals surface area contributed by atoms with E-state index in [1.165, 1.54) is 23.1 Å². The minimum atomic E-state index is -0.495. The van der Waals surface area contributed by atoms with Crippen molar-refractivity contribution in [3.8, 4) is 11.5 Å². The number of hydrogen-bond acceptors (Lipinski definition) is 7. The van der Waals surface area contributed by atoms with Crippen molar-refractivity contribution >= 4 is 46.0 Å². The Morgan fingerprint density at radius 2 is 2.00 bits per heavy atom. The van der Waals surface area contributed by atoms with Crippen LogP contribution in [0.1, 0.15) is 11.1 Å². The maximum atomic E-state index is 12.6. The second-order valence-corrected chi connectivity index (χ2v) is 8.25. The molecule has 0 N–H and O–H groups in total. The number of amides is 1. The van der Waals surface area contributed by atoms with Crippen LogP contribution in [0, 0.1) is 17.0 Å². The second-order valence-electron chi connectivity index (χ2n) is 6.57. The molecule has 31 heavy (non-hydrogen) atoms. The number of ether oxygens (including phenoxy) is 2. The fourth-order valence-electron chi connectivity index (χ4n) is 2.84. The molecule has 160 valence electrons. The molecule has 0 saturated carbocycles. The van der Waals surface area contributed by atoms with E-state index in [9.17, 15) is 14.9 Å². The minimum absolute atomic E-state index is 0.101. The number of thiocarbonyl (C=S) groups is 1. The highest BCUT2D eigenvalue weighted by Crippen LogP contribution is 2.35. The van der Waals surface area contributed by atoms with E-state index in [2.05, 4.69) is 6.58 Å². The number of aryl methyl sites for hydroxylation is 1. The number of carbonyl (C=O) groups excluding carboxylic acids is 1. The lowest BCUT2D eigenvalue weighted by Crippen LogP contribution is -2.27. The first kappa shape index (κ1) is 22.5. The molecule has 9 heteroatoms. The molecule has 1 aliphatic rings. The van der Waals surface area contributed by atoms with Gasteiger partial charge in [0.1, 0.15) is 29.0 Å². The lowest BCUT2D eigenvalue weighted by molar-refractivity contribution is -0.384. The zero-order chi connectivity index (χ0) is 22.4. The summed E-state index contributed by atoms with van der Waals surface area (Å²) in [7, 11) is 0. The van der Waals surface area contributed by atoms with Gasteiger partial charge in [-0.1, -0.05) is 42.2 Å². The number of rotatable bonds is 9. The van der Waals surface area contributed by atoms with Crippen molar-refractivity contribution in [1.82, 2.24) is 4.90 Å². The SMILES string of the molecule is C=CCN1C(=O)/C(=C/c2cc([N+](=O)[O-])ccc2OCCOc2cccc(C)c2)SC1=S. The molecule has 0 aromatic heterocycles. The molecule has 1 heterocycles. The van der Waals surface area contributed by atoms with E-state index in [0.717, 1.165) is 23.1 Å². The van der Waals surface area contributed by atoms with Gasteiger partial charge in [0.05, 0.1) is 9.83 Å². The summed E-state index contributed by atoms with van der Waals surface area (Å²) in [6.45, 7) is 6.42. The van der Waals surface area contributed by atoms with Gasteiger partial charge in [0.2, 0.25) is 0 Å². The van der Waals surface area contributed by atoms with E-state index in [-0.39, 0.29) is 18.2 Å². The molecule has 7 nitrogen and oxygen atoms in total. The highest BCUT2D eigenvalue weighted by molar-refractivity contribution is 8.26. The highest BCUT2D eigenvalue weighted by Gasteiger charge is 2.31. The molecule has 0 aliphatic carbocycles. The molecule has 0 spiro atoms. The molecule has 0 unspecified atom stereocenters. The van der Waals surface area contributed by atoms with Crippen molar-refractivity contribution in [3.05, 3.63) is 81.3 Å². The van der Waals surface area contributed by atoms with Gasteiger partial charge in [-0.3, -0.25) is 19.8 Å². The summed E-state index contributed by atoms with van der Waals surface area (Å²) in [4.78, 5) is 25.1. The summed E-state index contributed by atoms with van der Waals surface area (Å²) in [6, 6.07) is 11.9. The van der Waals surface area contributed by atoms with Gasteiger partial charge in [0, 0.05) is 24.2 Å². The van der Waals surface area contributed by atoms with Gasteiger partial charge in [-0.25, -0.2) is 0 Å². The molecule has 3 rings (SSSR count). The normalized spacial score (nSPS) is 14.7. The summed E-state index contributed by atoms with van der Waals surface area (Å²) in [5.74, 6) is 0.876. The topological polar surface area (TPSA) is 81.9 Å². The largest absolute Gasteiger partial charge is 0.490 e. The van der Waals surface area contributed by atoms with Crippen LogP contribution in [0.15, 0.2) is 60.0 Å². The molecule has 0 radical (unpaired) electrons. The van der Waals surface area contributed by atoms with E-state index in [0.29, 0.717) is 33.7 Å². The zero-order valence-electron chi connectivity index (χ0n) is 16.8. The summed E-state index contributed by atoms with van der Waals surface area (Å²) < 4.78 is 11.9. The Morgan fingerprint density at radius 1 is 1.23 bits per heavy atom. The molecule has 0 bridgehead atoms. The number of nitro benzene ring substituents is 1. The van der Waals surface area contributed by atoms with Crippen LogP contribution in [0.3, 0.4) is 0 Å². The van der Waals surface area contributed by atoms with Crippen molar-refractivity contribution in [2.45, 2.75) is 6.92 Å². The van der Waals surface area contributed by atoms with Gasteiger partial charge in [0.15, 0.2) is 0 Å². The first-order chi connectivity index (χ1) is 14.9. The molecular formula is C22H20N2O5S2. The third-order valence-corrected chi connectivity index (χ3v) is 5.65. The van der Waals surface area contributed by atoms with Crippen molar-refractivity contribution in [2.24, 2.45) is 0 Å². The quantitative estimate of drug-likeness (QED) is 0.134. The Kier molecular flexibility index (Phi) is 7.43. The van der Waals surface area contributed by atoms with Gasteiger partial charge < -0.3 is 9.47 Å². The van der Waals surface area contributed by atoms with Crippen molar-refractivity contribution in [1.29, 1.82) is 0 Å². The Bertz CT molecular complexity index is 1070. The van der Waals surface area contributed by atoms with Gasteiger partial charge in [-0.05, 0) is 36.8 Å². The van der Waals surface area contributed by atoms with Gasteiger partial charge in [-0.15, -0.1) is 6.58 Å². The van der Waals surface area contributed by atoms with Crippen LogP contribution in [0.5, 0.6) is 11.5 Å². The molecule has 1 saturated heterocycles. The molecule has 1 aliphatic heterocycles. The summed E-state index contributed by atoms with van der Waals surface area (Å²) in [5, 5.41) is 11.2. The van der Waals surface area contributed by atoms with E-state index in [4.69, 9.17) is 21.7 Å². The predicted molar refractivity (Wildman–Crippen MR) is 125 cm³/mol. The van der Waals surface area contributed by atoms with Crippen molar-refractivity contribution < 1.29 is 19.2 Å². The number of nitrogens with zero attached hydrogens (tertiary/aromatic N) is 2. The molecule has 1 fully saturated rings. The van der Waals surface area contributed by atoms with Gasteiger partial charge in [0.25, 0.3) is 11.6 Å². The van der Waals surface area contributed by atoms with Crippen molar-refractivity contribution in [2.75, 3.05) is 19.8 Å². The number of hydrogen-bond donors (Lipinski definition) is 0. The lowest BCUT2D eigenvalue weighted by atomic mass is 10.1. The summed E-state index contributed by atoms with van der Waals surface area (Å²) >= 11 is 6.38.